The van der Waals surface area contributed by atoms with Crippen LogP contribution in [0.25, 0.3) is 0 Å². The lowest BCUT2D eigenvalue weighted by atomic mass is 10.3. The molecule has 3 nitrogen and oxygen atoms in total. The summed E-state index contributed by atoms with van der Waals surface area (Å²) in [5.41, 5.74) is 0. The summed E-state index contributed by atoms with van der Waals surface area (Å²) in [4.78, 5) is 2.39. The van der Waals surface area contributed by atoms with E-state index in [1.807, 2.05) is 0 Å². The Bertz CT molecular complexity index is 126. The summed E-state index contributed by atoms with van der Waals surface area (Å²) in [5.74, 6) is 0. The summed E-state index contributed by atoms with van der Waals surface area (Å²) >= 11 is 0. The smallest absolute Gasteiger partial charge is 0.0594 e. The normalized spacial score (nSPS) is 17.8. The summed E-state index contributed by atoms with van der Waals surface area (Å²) in [6, 6.07) is 1.25. The third-order valence-corrected chi connectivity index (χ3v) is 2.22. The molecule has 92 valence electrons. The van der Waals surface area contributed by atoms with Gasteiger partial charge in [0.25, 0.3) is 0 Å². The molecule has 0 aliphatic carbocycles. The first-order valence-electron chi connectivity index (χ1n) is 6.12. The molecule has 0 spiro atoms. The van der Waals surface area contributed by atoms with E-state index in [1.54, 1.807) is 0 Å². The second-order valence-electron chi connectivity index (χ2n) is 4.52. The van der Waals surface area contributed by atoms with Crippen LogP contribution in [0.1, 0.15) is 34.6 Å². The fourth-order valence-electron chi connectivity index (χ4n) is 1.58. The van der Waals surface area contributed by atoms with Gasteiger partial charge in [-0.3, -0.25) is 4.90 Å². The molecular formula is C12H28N2O. The van der Waals surface area contributed by atoms with Crippen molar-refractivity contribution in [3.05, 3.63) is 0 Å². The lowest BCUT2D eigenvalue weighted by molar-refractivity contribution is 0.0405. The highest BCUT2D eigenvalue weighted by Gasteiger charge is 2.05. The Hall–Kier alpha value is -0.120. The van der Waals surface area contributed by atoms with Crippen LogP contribution in [0.3, 0.4) is 0 Å². The fraction of sp³-hybridized carbons (Fsp3) is 1.00. The maximum atomic E-state index is 5.16. The molecule has 0 aromatic rings. The molecule has 0 radical (unpaired) electrons. The molecule has 0 saturated carbocycles. The van der Waals surface area contributed by atoms with E-state index in [0.29, 0.717) is 12.1 Å². The predicted molar refractivity (Wildman–Crippen MR) is 66.3 cm³/mol. The first-order chi connectivity index (χ1) is 7.06. The van der Waals surface area contributed by atoms with Crippen LogP contribution >= 0.6 is 0 Å². The highest BCUT2D eigenvalue weighted by atomic mass is 16.5. The molecule has 1 rings (SSSR count). The van der Waals surface area contributed by atoms with E-state index < -0.39 is 0 Å². The van der Waals surface area contributed by atoms with Crippen LogP contribution in [0.2, 0.25) is 0 Å². The lowest BCUT2D eigenvalue weighted by Gasteiger charge is -2.24. The van der Waals surface area contributed by atoms with Gasteiger partial charge in [-0.15, -0.1) is 0 Å². The van der Waals surface area contributed by atoms with Gasteiger partial charge in [0.2, 0.25) is 0 Å². The first kappa shape index (κ1) is 14.9. The Balaban J connectivity index is 0.000000265. The SMILES string of the molecule is CC(C)NC(C)C.CCN1CCOCC1. The molecule has 0 bridgehead atoms. The number of nitrogens with zero attached hydrogens (tertiary/aromatic N) is 1. The molecule has 0 amide bonds. The van der Waals surface area contributed by atoms with Crippen LogP contribution in [0.15, 0.2) is 0 Å². The Morgan fingerprint density at radius 1 is 1.07 bits per heavy atom. The van der Waals surface area contributed by atoms with E-state index in [9.17, 15) is 0 Å². The molecule has 1 fully saturated rings. The monoisotopic (exact) mass is 216 g/mol. The van der Waals surface area contributed by atoms with Crippen LogP contribution in [-0.2, 0) is 4.74 Å². The van der Waals surface area contributed by atoms with Crippen LogP contribution in [0, 0.1) is 0 Å². The largest absolute Gasteiger partial charge is 0.379 e. The number of nitrogens with one attached hydrogen (secondary N) is 1. The van der Waals surface area contributed by atoms with Gasteiger partial charge in [0.1, 0.15) is 0 Å². The number of likely N-dealkylation sites (N-methyl/N-ethyl adjacent to an activating group) is 1. The van der Waals surface area contributed by atoms with E-state index in [1.165, 1.54) is 6.54 Å². The fourth-order valence-corrected chi connectivity index (χ4v) is 1.58. The number of hydrogen-bond acceptors (Lipinski definition) is 3. The van der Waals surface area contributed by atoms with Crippen molar-refractivity contribution in [2.75, 3.05) is 32.8 Å². The Morgan fingerprint density at radius 3 is 1.73 bits per heavy atom. The molecule has 3 heteroatoms. The van der Waals surface area contributed by atoms with Crippen molar-refractivity contribution in [3.63, 3.8) is 0 Å². The van der Waals surface area contributed by atoms with Gasteiger partial charge in [0, 0.05) is 25.2 Å². The van der Waals surface area contributed by atoms with E-state index in [0.717, 1.165) is 26.3 Å². The zero-order valence-corrected chi connectivity index (χ0v) is 11.0. The number of morpholine rings is 1. The molecule has 1 saturated heterocycles. The average molecular weight is 216 g/mol. The Morgan fingerprint density at radius 2 is 1.53 bits per heavy atom. The van der Waals surface area contributed by atoms with Gasteiger partial charge in [-0.1, -0.05) is 34.6 Å². The van der Waals surface area contributed by atoms with Gasteiger partial charge >= 0.3 is 0 Å². The molecule has 0 aromatic carbocycles. The molecule has 1 aliphatic heterocycles. The van der Waals surface area contributed by atoms with E-state index >= 15 is 0 Å². The van der Waals surface area contributed by atoms with E-state index in [4.69, 9.17) is 4.74 Å². The summed E-state index contributed by atoms with van der Waals surface area (Å²) < 4.78 is 5.16. The summed E-state index contributed by atoms with van der Waals surface area (Å²) in [7, 11) is 0. The third kappa shape index (κ3) is 10.2. The molecule has 1 aliphatic rings. The highest BCUT2D eigenvalue weighted by Crippen LogP contribution is 1.93. The van der Waals surface area contributed by atoms with Gasteiger partial charge in [-0.25, -0.2) is 0 Å². The summed E-state index contributed by atoms with van der Waals surface area (Å²) in [5, 5.41) is 3.31. The molecule has 1 heterocycles. The second kappa shape index (κ2) is 9.13. The quantitative estimate of drug-likeness (QED) is 0.777. The predicted octanol–water partition coefficient (Wildman–Crippen LogP) is 1.73. The van der Waals surface area contributed by atoms with Crippen molar-refractivity contribution in [2.45, 2.75) is 46.7 Å². The Labute approximate surface area is 95.2 Å². The van der Waals surface area contributed by atoms with Crippen LogP contribution in [-0.4, -0.2) is 49.8 Å². The number of rotatable bonds is 3. The lowest BCUT2D eigenvalue weighted by Crippen LogP contribution is -2.35. The van der Waals surface area contributed by atoms with Gasteiger partial charge in [-0.2, -0.15) is 0 Å². The topological polar surface area (TPSA) is 24.5 Å². The van der Waals surface area contributed by atoms with Crippen molar-refractivity contribution in [2.24, 2.45) is 0 Å². The molecule has 0 atom stereocenters. The minimum Gasteiger partial charge on any atom is -0.379 e. The Kier molecular flexibility index (Phi) is 9.06. The first-order valence-corrected chi connectivity index (χ1v) is 6.12. The van der Waals surface area contributed by atoms with Crippen molar-refractivity contribution in [1.29, 1.82) is 0 Å². The van der Waals surface area contributed by atoms with Crippen LogP contribution in [0.5, 0.6) is 0 Å². The van der Waals surface area contributed by atoms with Crippen molar-refractivity contribution < 1.29 is 4.74 Å². The van der Waals surface area contributed by atoms with Crippen molar-refractivity contribution >= 4 is 0 Å². The van der Waals surface area contributed by atoms with Crippen molar-refractivity contribution in [1.82, 2.24) is 10.2 Å². The number of ether oxygens (including phenoxy) is 1. The molecule has 15 heavy (non-hydrogen) atoms. The van der Waals surface area contributed by atoms with Gasteiger partial charge in [0.15, 0.2) is 0 Å². The summed E-state index contributed by atoms with van der Waals surface area (Å²) in [6.07, 6.45) is 0. The van der Waals surface area contributed by atoms with Gasteiger partial charge in [-0.05, 0) is 6.54 Å². The minimum atomic E-state index is 0.625. The zero-order chi connectivity index (χ0) is 11.7. The second-order valence-corrected chi connectivity index (χ2v) is 4.52. The molecule has 1 N–H and O–H groups in total. The maximum Gasteiger partial charge on any atom is 0.0594 e. The average Bonchev–Trinajstić information content (AvgIpc) is 2.18. The third-order valence-electron chi connectivity index (χ3n) is 2.22. The van der Waals surface area contributed by atoms with E-state index in [2.05, 4.69) is 44.8 Å². The van der Waals surface area contributed by atoms with Crippen molar-refractivity contribution in [3.8, 4) is 0 Å². The van der Waals surface area contributed by atoms with Crippen LogP contribution < -0.4 is 5.32 Å². The molecule has 0 unspecified atom stereocenters. The van der Waals surface area contributed by atoms with E-state index in [-0.39, 0.29) is 0 Å². The molecule has 0 aromatic heterocycles. The van der Waals surface area contributed by atoms with Gasteiger partial charge < -0.3 is 10.1 Å². The standard InChI is InChI=1S/C6H13NO.C6H15N/c1-2-7-3-5-8-6-4-7;1-5(2)7-6(3)4/h2-6H2,1H3;5-7H,1-4H3. The minimum absolute atomic E-state index is 0.625. The van der Waals surface area contributed by atoms with Crippen LogP contribution in [0.4, 0.5) is 0 Å². The summed E-state index contributed by atoms with van der Waals surface area (Å²) in [6.45, 7) is 16.1. The van der Waals surface area contributed by atoms with Gasteiger partial charge in [0.05, 0.1) is 13.2 Å². The number of hydrogen-bond donors (Lipinski definition) is 1. The highest BCUT2D eigenvalue weighted by molar-refractivity contribution is 4.58. The zero-order valence-electron chi connectivity index (χ0n) is 11.0. The molecular weight excluding hydrogens is 188 g/mol. The maximum absolute atomic E-state index is 5.16.